The molecular formula is C18H28ClN3O3S2. The molecule has 0 radical (unpaired) electrons. The molecule has 9 heteroatoms. The van der Waals surface area contributed by atoms with Crippen LogP contribution < -0.4 is 10.6 Å². The smallest absolute Gasteiger partial charge is 0.243 e. The highest BCUT2D eigenvalue weighted by Crippen LogP contribution is 2.25. The van der Waals surface area contributed by atoms with E-state index in [4.69, 9.17) is 0 Å². The van der Waals surface area contributed by atoms with E-state index in [-0.39, 0.29) is 30.3 Å². The van der Waals surface area contributed by atoms with Gasteiger partial charge in [0.05, 0.1) is 10.9 Å². The van der Waals surface area contributed by atoms with E-state index in [0.29, 0.717) is 24.5 Å². The molecule has 0 saturated carbocycles. The van der Waals surface area contributed by atoms with Crippen LogP contribution in [0.1, 0.15) is 25.7 Å². The SMILES string of the molecule is CSc1ccc(S(=O)(=O)N2CCCC(CNC(=O)C3CCCN3)C2)cc1.Cl. The fourth-order valence-corrected chi connectivity index (χ4v) is 5.55. The number of amides is 1. The van der Waals surface area contributed by atoms with Crippen LogP contribution in [0.25, 0.3) is 0 Å². The molecule has 2 saturated heterocycles. The van der Waals surface area contributed by atoms with Crippen molar-refractivity contribution in [2.75, 3.05) is 32.4 Å². The van der Waals surface area contributed by atoms with Crippen LogP contribution in [0, 0.1) is 5.92 Å². The second kappa shape index (κ2) is 10.1. The molecule has 2 aliphatic rings. The number of hydrogen-bond acceptors (Lipinski definition) is 5. The van der Waals surface area contributed by atoms with E-state index >= 15 is 0 Å². The van der Waals surface area contributed by atoms with Crippen LogP contribution in [0.5, 0.6) is 0 Å². The number of sulfonamides is 1. The number of thioether (sulfide) groups is 1. The van der Waals surface area contributed by atoms with Crippen molar-refractivity contribution >= 4 is 40.1 Å². The normalized spacial score (nSPS) is 23.6. The summed E-state index contributed by atoms with van der Waals surface area (Å²) in [7, 11) is -3.48. The molecule has 27 heavy (non-hydrogen) atoms. The maximum atomic E-state index is 12.9. The molecule has 2 unspecified atom stereocenters. The van der Waals surface area contributed by atoms with Gasteiger partial charge in [-0.05, 0) is 68.7 Å². The van der Waals surface area contributed by atoms with Crippen molar-refractivity contribution in [3.8, 4) is 0 Å². The number of piperidine rings is 1. The van der Waals surface area contributed by atoms with Gasteiger partial charge in [0.15, 0.2) is 0 Å². The summed E-state index contributed by atoms with van der Waals surface area (Å²) in [5.74, 6) is 0.199. The summed E-state index contributed by atoms with van der Waals surface area (Å²) >= 11 is 1.59. The summed E-state index contributed by atoms with van der Waals surface area (Å²) in [6.45, 7) is 2.43. The third kappa shape index (κ3) is 5.60. The lowest BCUT2D eigenvalue weighted by molar-refractivity contribution is -0.123. The first-order valence-corrected chi connectivity index (χ1v) is 11.8. The molecule has 0 bridgehead atoms. The summed E-state index contributed by atoms with van der Waals surface area (Å²) in [5.41, 5.74) is 0. The molecule has 152 valence electrons. The molecule has 0 spiro atoms. The highest BCUT2D eigenvalue weighted by atomic mass is 35.5. The molecule has 1 aromatic rings. The Balaban J connectivity index is 0.00000261. The van der Waals surface area contributed by atoms with Crippen molar-refractivity contribution in [2.24, 2.45) is 5.92 Å². The van der Waals surface area contributed by atoms with Crippen molar-refractivity contribution in [2.45, 2.75) is 41.5 Å². The van der Waals surface area contributed by atoms with Crippen molar-refractivity contribution in [1.29, 1.82) is 0 Å². The van der Waals surface area contributed by atoms with Gasteiger partial charge in [0.25, 0.3) is 0 Å². The molecule has 1 aromatic carbocycles. The summed E-state index contributed by atoms with van der Waals surface area (Å²) in [4.78, 5) is 13.5. The third-order valence-electron chi connectivity index (χ3n) is 5.12. The Morgan fingerprint density at radius 1 is 1.26 bits per heavy atom. The summed E-state index contributed by atoms with van der Waals surface area (Å²) in [6.07, 6.45) is 5.64. The van der Waals surface area contributed by atoms with Gasteiger partial charge in [-0.25, -0.2) is 8.42 Å². The average Bonchev–Trinajstić information content (AvgIpc) is 3.21. The van der Waals surface area contributed by atoms with Gasteiger partial charge in [0.1, 0.15) is 0 Å². The Morgan fingerprint density at radius 2 is 2.00 bits per heavy atom. The van der Waals surface area contributed by atoms with Gasteiger partial charge in [0, 0.05) is 24.5 Å². The average molecular weight is 434 g/mol. The fraction of sp³-hybridized carbons (Fsp3) is 0.611. The molecule has 0 aliphatic carbocycles. The quantitative estimate of drug-likeness (QED) is 0.671. The lowest BCUT2D eigenvalue weighted by Crippen LogP contribution is -2.46. The number of carbonyl (C=O) groups excluding carboxylic acids is 1. The molecule has 2 fully saturated rings. The van der Waals surface area contributed by atoms with E-state index in [9.17, 15) is 13.2 Å². The lowest BCUT2D eigenvalue weighted by Gasteiger charge is -2.32. The predicted molar refractivity (Wildman–Crippen MR) is 111 cm³/mol. The Hall–Kier alpha value is -0.800. The van der Waals surface area contributed by atoms with Crippen LogP contribution in [0.3, 0.4) is 0 Å². The molecule has 6 nitrogen and oxygen atoms in total. The fourth-order valence-electron chi connectivity index (χ4n) is 3.59. The largest absolute Gasteiger partial charge is 0.354 e. The zero-order valence-corrected chi connectivity index (χ0v) is 18.0. The van der Waals surface area contributed by atoms with Gasteiger partial charge >= 0.3 is 0 Å². The molecule has 1 amide bonds. The maximum absolute atomic E-state index is 12.9. The third-order valence-corrected chi connectivity index (χ3v) is 7.74. The topological polar surface area (TPSA) is 78.5 Å². The number of carbonyl (C=O) groups is 1. The number of halogens is 1. The van der Waals surface area contributed by atoms with E-state index in [2.05, 4.69) is 10.6 Å². The molecule has 3 rings (SSSR count). The molecule has 0 aromatic heterocycles. The number of rotatable bonds is 6. The van der Waals surface area contributed by atoms with Crippen LogP contribution in [0.4, 0.5) is 0 Å². The number of nitrogens with one attached hydrogen (secondary N) is 2. The van der Waals surface area contributed by atoms with Gasteiger partial charge < -0.3 is 10.6 Å². The standard InChI is InChI=1S/C18H27N3O3S2.ClH/c1-25-15-6-8-16(9-7-15)26(23,24)21-11-3-4-14(13-21)12-20-18(22)17-5-2-10-19-17;/h6-9,14,17,19H,2-5,10-13H2,1H3,(H,20,22);1H. The van der Waals surface area contributed by atoms with Gasteiger partial charge in [-0.15, -0.1) is 24.2 Å². The van der Waals surface area contributed by atoms with Gasteiger partial charge in [-0.3, -0.25) is 4.79 Å². The predicted octanol–water partition coefficient (Wildman–Crippen LogP) is 2.10. The van der Waals surface area contributed by atoms with Crippen molar-refractivity contribution in [3.05, 3.63) is 24.3 Å². The minimum Gasteiger partial charge on any atom is -0.354 e. The number of benzene rings is 1. The Bertz CT molecular complexity index is 722. The minimum absolute atomic E-state index is 0. The second-order valence-electron chi connectivity index (χ2n) is 6.94. The molecular weight excluding hydrogens is 406 g/mol. The van der Waals surface area contributed by atoms with Crippen LogP contribution in [0.15, 0.2) is 34.1 Å². The van der Waals surface area contributed by atoms with Gasteiger partial charge in [-0.1, -0.05) is 0 Å². The summed E-state index contributed by atoms with van der Waals surface area (Å²) in [6, 6.07) is 6.95. The van der Waals surface area contributed by atoms with E-state index < -0.39 is 10.0 Å². The zero-order chi connectivity index (χ0) is 18.6. The van der Waals surface area contributed by atoms with Crippen molar-refractivity contribution in [3.63, 3.8) is 0 Å². The second-order valence-corrected chi connectivity index (χ2v) is 9.76. The zero-order valence-electron chi connectivity index (χ0n) is 15.5. The van der Waals surface area contributed by atoms with Crippen molar-refractivity contribution in [1.82, 2.24) is 14.9 Å². The van der Waals surface area contributed by atoms with E-state index in [1.807, 2.05) is 18.4 Å². The van der Waals surface area contributed by atoms with E-state index in [1.54, 1.807) is 28.2 Å². The highest BCUT2D eigenvalue weighted by Gasteiger charge is 2.31. The minimum atomic E-state index is -3.48. The molecule has 2 aliphatic heterocycles. The van der Waals surface area contributed by atoms with Gasteiger partial charge in [0.2, 0.25) is 15.9 Å². The Kier molecular flexibility index (Phi) is 8.42. The first kappa shape index (κ1) is 22.5. The van der Waals surface area contributed by atoms with Crippen LogP contribution >= 0.6 is 24.2 Å². The van der Waals surface area contributed by atoms with Crippen LogP contribution in [-0.4, -0.2) is 57.1 Å². The van der Waals surface area contributed by atoms with Crippen LogP contribution in [0.2, 0.25) is 0 Å². The van der Waals surface area contributed by atoms with Crippen LogP contribution in [-0.2, 0) is 14.8 Å². The highest BCUT2D eigenvalue weighted by molar-refractivity contribution is 7.98. The Morgan fingerprint density at radius 3 is 2.63 bits per heavy atom. The van der Waals surface area contributed by atoms with E-state index in [0.717, 1.165) is 37.1 Å². The summed E-state index contributed by atoms with van der Waals surface area (Å²) in [5, 5.41) is 6.18. The maximum Gasteiger partial charge on any atom is 0.243 e. The molecule has 2 N–H and O–H groups in total. The monoisotopic (exact) mass is 433 g/mol. The van der Waals surface area contributed by atoms with E-state index in [1.165, 1.54) is 0 Å². The first-order valence-electron chi connectivity index (χ1n) is 9.16. The Labute approximate surface area is 172 Å². The first-order chi connectivity index (χ1) is 12.5. The molecule has 2 atom stereocenters. The molecule has 2 heterocycles. The lowest BCUT2D eigenvalue weighted by atomic mass is 9.99. The number of hydrogen-bond donors (Lipinski definition) is 2. The van der Waals surface area contributed by atoms with Gasteiger partial charge in [-0.2, -0.15) is 4.31 Å². The number of nitrogens with zero attached hydrogens (tertiary/aromatic N) is 1. The van der Waals surface area contributed by atoms with Crippen molar-refractivity contribution < 1.29 is 13.2 Å². The summed E-state index contributed by atoms with van der Waals surface area (Å²) < 4.78 is 27.4.